The largest absolute Gasteiger partial charge is 0.278 e. The summed E-state index contributed by atoms with van der Waals surface area (Å²) >= 11 is 1.40. The second-order valence-electron chi connectivity index (χ2n) is 5.48. The zero-order valence-corrected chi connectivity index (χ0v) is 14.8. The summed E-state index contributed by atoms with van der Waals surface area (Å²) < 4.78 is 0. The Morgan fingerprint density at radius 3 is 2.56 bits per heavy atom. The van der Waals surface area contributed by atoms with Gasteiger partial charge in [0.15, 0.2) is 5.13 Å². The molecule has 2 aromatic carbocycles. The van der Waals surface area contributed by atoms with Crippen LogP contribution in [-0.4, -0.2) is 17.1 Å². The van der Waals surface area contributed by atoms with Crippen LogP contribution in [0.25, 0.3) is 0 Å². The highest BCUT2D eigenvalue weighted by molar-refractivity contribution is 7.14. The molecule has 25 heavy (non-hydrogen) atoms. The van der Waals surface area contributed by atoms with Crippen molar-refractivity contribution < 1.29 is 4.79 Å². The summed E-state index contributed by atoms with van der Waals surface area (Å²) in [7, 11) is 0. The van der Waals surface area contributed by atoms with E-state index in [1.165, 1.54) is 23.8 Å². The first kappa shape index (κ1) is 16.9. The normalized spacial score (nSPS) is 10.8. The number of anilines is 3. The quantitative estimate of drug-likeness (QED) is 0.541. The molecule has 1 aromatic heterocycles. The Morgan fingerprint density at radius 1 is 1.16 bits per heavy atom. The molecule has 1 heterocycles. The molecule has 0 saturated heterocycles. The van der Waals surface area contributed by atoms with Crippen molar-refractivity contribution >= 4 is 40.0 Å². The average Bonchev–Trinajstić information content (AvgIpc) is 3.06. The number of hydrogen-bond donors (Lipinski definition) is 1. The van der Waals surface area contributed by atoms with Crippen molar-refractivity contribution in [2.75, 3.05) is 10.3 Å². The number of benzene rings is 2. The highest BCUT2D eigenvalue weighted by atomic mass is 32.1. The second-order valence-corrected chi connectivity index (χ2v) is 6.32. The maximum absolute atomic E-state index is 12.0. The Labute approximate surface area is 150 Å². The minimum absolute atomic E-state index is 0.0816. The van der Waals surface area contributed by atoms with Crippen molar-refractivity contribution in [3.8, 4) is 0 Å². The van der Waals surface area contributed by atoms with Crippen molar-refractivity contribution in [3.05, 3.63) is 71.2 Å². The molecule has 5 nitrogen and oxygen atoms in total. The first-order valence-corrected chi connectivity index (χ1v) is 8.68. The van der Waals surface area contributed by atoms with Crippen molar-refractivity contribution in [2.24, 2.45) is 5.10 Å². The van der Waals surface area contributed by atoms with E-state index in [1.807, 2.05) is 66.9 Å². The molecule has 0 aliphatic carbocycles. The highest BCUT2D eigenvalue weighted by Gasteiger charge is 2.17. The number of carbonyl (C=O) groups is 1. The first-order chi connectivity index (χ1) is 12.1. The third kappa shape index (κ3) is 4.30. The summed E-state index contributed by atoms with van der Waals surface area (Å²) in [5.41, 5.74) is 6.57. The lowest BCUT2D eigenvalue weighted by Crippen LogP contribution is -2.22. The number of para-hydroxylation sites is 1. The second kappa shape index (κ2) is 7.72. The lowest BCUT2D eigenvalue weighted by Gasteiger charge is -2.17. The van der Waals surface area contributed by atoms with Crippen LogP contribution < -0.4 is 10.3 Å². The number of thiazole rings is 1. The monoisotopic (exact) mass is 350 g/mol. The van der Waals surface area contributed by atoms with Crippen LogP contribution in [0.4, 0.5) is 16.5 Å². The van der Waals surface area contributed by atoms with E-state index in [1.54, 1.807) is 11.1 Å². The Balaban J connectivity index is 1.73. The molecule has 3 rings (SSSR count). The van der Waals surface area contributed by atoms with Crippen LogP contribution in [0.15, 0.2) is 65.1 Å². The van der Waals surface area contributed by atoms with Gasteiger partial charge in [0.2, 0.25) is 5.91 Å². The average molecular weight is 350 g/mol. The number of nitrogens with zero attached hydrogens (tertiary/aromatic N) is 3. The predicted molar refractivity (Wildman–Crippen MR) is 104 cm³/mol. The number of carbonyl (C=O) groups excluding carboxylic acids is 1. The number of aromatic nitrogens is 1. The Kier molecular flexibility index (Phi) is 5.20. The Bertz CT molecular complexity index is 872. The Morgan fingerprint density at radius 2 is 1.88 bits per heavy atom. The van der Waals surface area contributed by atoms with Gasteiger partial charge in [-0.05, 0) is 31.2 Å². The van der Waals surface area contributed by atoms with Crippen molar-refractivity contribution in [1.29, 1.82) is 0 Å². The number of hydrogen-bond acceptors (Lipinski definition) is 5. The van der Waals surface area contributed by atoms with E-state index in [-0.39, 0.29) is 5.91 Å². The van der Waals surface area contributed by atoms with Crippen molar-refractivity contribution in [1.82, 2.24) is 4.98 Å². The third-order valence-corrected chi connectivity index (χ3v) is 4.32. The van der Waals surface area contributed by atoms with Crippen LogP contribution in [0.2, 0.25) is 0 Å². The van der Waals surface area contributed by atoms with Gasteiger partial charge in [-0.2, -0.15) is 5.10 Å². The fourth-order valence-corrected chi connectivity index (χ4v) is 3.08. The van der Waals surface area contributed by atoms with Crippen LogP contribution in [-0.2, 0) is 4.79 Å². The molecule has 0 atom stereocenters. The Hall–Kier alpha value is -2.99. The maximum Gasteiger partial charge on any atom is 0.230 e. The molecule has 0 aliphatic heterocycles. The molecule has 0 unspecified atom stereocenters. The van der Waals surface area contributed by atoms with Crippen molar-refractivity contribution in [3.63, 3.8) is 0 Å². The SMILES string of the molecule is CC(=O)N(c1ccccc1)c1nc(/C=N\Nc2ccc(C)cc2)cs1. The summed E-state index contributed by atoms with van der Waals surface area (Å²) in [6, 6.07) is 17.4. The van der Waals surface area contributed by atoms with Crippen LogP contribution in [0.5, 0.6) is 0 Å². The summed E-state index contributed by atoms with van der Waals surface area (Å²) in [6.45, 7) is 3.57. The summed E-state index contributed by atoms with van der Waals surface area (Å²) in [6.07, 6.45) is 1.64. The lowest BCUT2D eigenvalue weighted by molar-refractivity contribution is -0.115. The van der Waals surface area contributed by atoms with E-state index >= 15 is 0 Å². The van der Waals surface area contributed by atoms with Gasteiger partial charge < -0.3 is 0 Å². The van der Waals surface area contributed by atoms with Gasteiger partial charge in [0.05, 0.1) is 23.3 Å². The standard InChI is InChI=1S/C19H18N4OS/c1-14-8-10-16(11-9-14)22-20-12-17-13-25-19(21-17)23(15(2)24)18-6-4-3-5-7-18/h3-13,22H,1-2H3/b20-12-. The summed E-state index contributed by atoms with van der Waals surface area (Å²) in [5.74, 6) is -0.0816. The van der Waals surface area contributed by atoms with Gasteiger partial charge in [-0.1, -0.05) is 35.9 Å². The zero-order chi connectivity index (χ0) is 17.6. The molecule has 0 radical (unpaired) electrons. The van der Waals surface area contributed by atoms with Crippen LogP contribution in [0.1, 0.15) is 18.2 Å². The van der Waals surface area contributed by atoms with Gasteiger partial charge in [0.25, 0.3) is 0 Å². The van der Waals surface area contributed by atoms with Crippen molar-refractivity contribution in [2.45, 2.75) is 13.8 Å². The van der Waals surface area contributed by atoms with Gasteiger partial charge in [0.1, 0.15) is 0 Å². The predicted octanol–water partition coefficient (Wildman–Crippen LogP) is 4.58. The van der Waals surface area contributed by atoms with Gasteiger partial charge in [-0.15, -0.1) is 11.3 Å². The molecule has 0 bridgehead atoms. The van der Waals surface area contributed by atoms with Crippen LogP contribution in [0.3, 0.4) is 0 Å². The molecule has 3 aromatic rings. The van der Waals surface area contributed by atoms with E-state index in [4.69, 9.17) is 0 Å². The van der Waals surface area contributed by atoms with Gasteiger partial charge >= 0.3 is 0 Å². The van der Waals surface area contributed by atoms with Gasteiger partial charge in [-0.3, -0.25) is 15.1 Å². The summed E-state index contributed by atoms with van der Waals surface area (Å²) in [5, 5.41) is 6.69. The van der Waals surface area contributed by atoms with E-state index < -0.39 is 0 Å². The third-order valence-electron chi connectivity index (χ3n) is 3.47. The molecule has 1 N–H and O–H groups in total. The highest BCUT2D eigenvalue weighted by Crippen LogP contribution is 2.28. The first-order valence-electron chi connectivity index (χ1n) is 7.80. The number of rotatable bonds is 5. The van der Waals surface area contributed by atoms with Gasteiger partial charge in [0, 0.05) is 12.3 Å². The van der Waals surface area contributed by atoms with E-state index in [0.29, 0.717) is 10.8 Å². The van der Waals surface area contributed by atoms with E-state index in [2.05, 4.69) is 15.5 Å². The molecule has 0 fully saturated rings. The number of aryl methyl sites for hydroxylation is 1. The lowest BCUT2D eigenvalue weighted by atomic mass is 10.2. The van der Waals surface area contributed by atoms with Gasteiger partial charge in [-0.25, -0.2) is 4.98 Å². The topological polar surface area (TPSA) is 57.6 Å². The molecule has 126 valence electrons. The fraction of sp³-hybridized carbons (Fsp3) is 0.105. The summed E-state index contributed by atoms with van der Waals surface area (Å²) in [4.78, 5) is 18.1. The van der Waals surface area contributed by atoms with E-state index in [9.17, 15) is 4.79 Å². The number of hydrazone groups is 1. The van der Waals surface area contributed by atoms with E-state index in [0.717, 1.165) is 11.4 Å². The number of amides is 1. The zero-order valence-electron chi connectivity index (χ0n) is 14.0. The molecule has 1 amide bonds. The molecule has 0 saturated carbocycles. The molecule has 6 heteroatoms. The fourth-order valence-electron chi connectivity index (χ4n) is 2.24. The minimum atomic E-state index is -0.0816. The van der Waals surface area contributed by atoms with Crippen LogP contribution >= 0.6 is 11.3 Å². The molecular weight excluding hydrogens is 332 g/mol. The minimum Gasteiger partial charge on any atom is -0.278 e. The van der Waals surface area contributed by atoms with Crippen LogP contribution in [0, 0.1) is 6.92 Å². The molecule has 0 spiro atoms. The smallest absolute Gasteiger partial charge is 0.230 e. The maximum atomic E-state index is 12.0. The molecule has 0 aliphatic rings. The molecular formula is C19H18N4OS. The number of nitrogens with one attached hydrogen (secondary N) is 1.